The van der Waals surface area contributed by atoms with Gasteiger partial charge in [-0.15, -0.1) is 0 Å². The fourth-order valence-corrected chi connectivity index (χ4v) is 3.24. The Morgan fingerprint density at radius 1 is 1.27 bits per heavy atom. The highest BCUT2D eigenvalue weighted by atomic mass is 16.5. The zero-order chi connectivity index (χ0) is 16.2. The SMILES string of the molecule is CCOC(=O)C1(CC(C(C)=O)c2ccccc2)CCCC1=O. The Morgan fingerprint density at radius 3 is 2.45 bits per heavy atom. The molecule has 2 rings (SSSR count). The van der Waals surface area contributed by atoms with Crippen LogP contribution < -0.4 is 0 Å². The third-order valence-electron chi connectivity index (χ3n) is 4.45. The molecule has 0 amide bonds. The fourth-order valence-electron chi connectivity index (χ4n) is 3.24. The summed E-state index contributed by atoms with van der Waals surface area (Å²) in [4.78, 5) is 36.9. The van der Waals surface area contributed by atoms with Gasteiger partial charge in [0.05, 0.1) is 6.61 Å². The van der Waals surface area contributed by atoms with Gasteiger partial charge in [-0.25, -0.2) is 0 Å². The first-order valence-corrected chi connectivity index (χ1v) is 7.77. The maximum Gasteiger partial charge on any atom is 0.319 e. The van der Waals surface area contributed by atoms with Gasteiger partial charge in [-0.05, 0) is 38.7 Å². The number of rotatable bonds is 6. The summed E-state index contributed by atoms with van der Waals surface area (Å²) in [5.41, 5.74) is -0.305. The number of ether oxygens (including phenoxy) is 1. The molecule has 4 nitrogen and oxygen atoms in total. The van der Waals surface area contributed by atoms with E-state index < -0.39 is 17.3 Å². The topological polar surface area (TPSA) is 60.4 Å². The Labute approximate surface area is 130 Å². The lowest BCUT2D eigenvalue weighted by molar-refractivity contribution is -0.159. The van der Waals surface area contributed by atoms with E-state index in [1.54, 1.807) is 6.92 Å². The van der Waals surface area contributed by atoms with Crippen molar-refractivity contribution in [3.63, 3.8) is 0 Å². The van der Waals surface area contributed by atoms with Gasteiger partial charge in [0.2, 0.25) is 0 Å². The second kappa shape index (κ2) is 6.86. The second-order valence-corrected chi connectivity index (χ2v) is 5.86. The highest BCUT2D eigenvalue weighted by Gasteiger charge is 2.51. The van der Waals surface area contributed by atoms with Crippen LogP contribution in [0.4, 0.5) is 0 Å². The van der Waals surface area contributed by atoms with Gasteiger partial charge in [0.1, 0.15) is 17.0 Å². The van der Waals surface area contributed by atoms with E-state index in [0.29, 0.717) is 19.3 Å². The molecule has 118 valence electrons. The molecule has 2 atom stereocenters. The van der Waals surface area contributed by atoms with Crippen molar-refractivity contribution < 1.29 is 19.1 Å². The van der Waals surface area contributed by atoms with Crippen LogP contribution in [-0.2, 0) is 19.1 Å². The van der Waals surface area contributed by atoms with Gasteiger partial charge < -0.3 is 4.74 Å². The maximum atomic E-state index is 12.4. The summed E-state index contributed by atoms with van der Waals surface area (Å²) in [7, 11) is 0. The van der Waals surface area contributed by atoms with Gasteiger partial charge in [-0.3, -0.25) is 14.4 Å². The van der Waals surface area contributed by atoms with Crippen LogP contribution in [0.15, 0.2) is 30.3 Å². The molecule has 1 aliphatic rings. The molecule has 2 unspecified atom stereocenters. The summed E-state index contributed by atoms with van der Waals surface area (Å²) in [5, 5.41) is 0. The number of carbonyl (C=O) groups is 3. The van der Waals surface area contributed by atoms with E-state index >= 15 is 0 Å². The van der Waals surface area contributed by atoms with Crippen LogP contribution in [-0.4, -0.2) is 24.1 Å². The van der Waals surface area contributed by atoms with Crippen molar-refractivity contribution in [1.82, 2.24) is 0 Å². The number of esters is 1. The number of Topliss-reactive ketones (excluding diaryl/α,β-unsaturated/α-hetero) is 2. The normalized spacial score (nSPS) is 22.4. The molecular formula is C18H22O4. The van der Waals surface area contributed by atoms with Crippen LogP contribution in [0.5, 0.6) is 0 Å². The first-order valence-electron chi connectivity index (χ1n) is 7.77. The molecule has 4 heteroatoms. The van der Waals surface area contributed by atoms with Crippen molar-refractivity contribution >= 4 is 17.5 Å². The van der Waals surface area contributed by atoms with Gasteiger partial charge in [0.15, 0.2) is 0 Å². The lowest BCUT2D eigenvalue weighted by Crippen LogP contribution is -2.39. The third-order valence-corrected chi connectivity index (χ3v) is 4.45. The average Bonchev–Trinajstić information content (AvgIpc) is 2.87. The minimum absolute atomic E-state index is 0.0328. The van der Waals surface area contributed by atoms with Gasteiger partial charge in [-0.2, -0.15) is 0 Å². The van der Waals surface area contributed by atoms with E-state index in [0.717, 1.165) is 5.56 Å². The van der Waals surface area contributed by atoms with E-state index in [2.05, 4.69) is 0 Å². The van der Waals surface area contributed by atoms with Crippen molar-refractivity contribution in [1.29, 1.82) is 0 Å². The van der Waals surface area contributed by atoms with Gasteiger partial charge in [0.25, 0.3) is 0 Å². The molecule has 1 fully saturated rings. The minimum Gasteiger partial charge on any atom is -0.465 e. The standard InChI is InChI=1S/C18H22O4/c1-3-22-17(21)18(11-7-10-16(18)20)12-15(13(2)19)14-8-5-4-6-9-14/h4-6,8-9,15H,3,7,10-12H2,1-2H3. The summed E-state index contributed by atoms with van der Waals surface area (Å²) >= 11 is 0. The first kappa shape index (κ1) is 16.4. The molecule has 0 saturated heterocycles. The Morgan fingerprint density at radius 2 is 1.95 bits per heavy atom. The summed E-state index contributed by atoms with van der Waals surface area (Å²) in [6.07, 6.45) is 1.75. The molecule has 0 spiro atoms. The quantitative estimate of drug-likeness (QED) is 0.598. The van der Waals surface area contributed by atoms with E-state index in [1.807, 2.05) is 30.3 Å². The Bertz CT molecular complexity index is 564. The molecule has 0 aliphatic heterocycles. The second-order valence-electron chi connectivity index (χ2n) is 5.86. The molecule has 0 radical (unpaired) electrons. The molecule has 1 aromatic rings. The van der Waals surface area contributed by atoms with Crippen LogP contribution >= 0.6 is 0 Å². The Balaban J connectivity index is 2.34. The zero-order valence-electron chi connectivity index (χ0n) is 13.1. The van der Waals surface area contributed by atoms with Crippen LogP contribution in [0.25, 0.3) is 0 Å². The smallest absolute Gasteiger partial charge is 0.319 e. The zero-order valence-corrected chi connectivity index (χ0v) is 13.1. The van der Waals surface area contributed by atoms with E-state index in [9.17, 15) is 14.4 Å². The van der Waals surface area contributed by atoms with E-state index in [4.69, 9.17) is 4.74 Å². The maximum absolute atomic E-state index is 12.4. The predicted octanol–water partition coefficient (Wildman–Crippen LogP) is 3.05. The molecule has 22 heavy (non-hydrogen) atoms. The Hall–Kier alpha value is -1.97. The molecule has 0 N–H and O–H groups in total. The molecule has 1 saturated carbocycles. The number of hydrogen-bond acceptors (Lipinski definition) is 4. The summed E-state index contributed by atoms with van der Waals surface area (Å²) < 4.78 is 5.15. The largest absolute Gasteiger partial charge is 0.465 e. The van der Waals surface area contributed by atoms with Gasteiger partial charge >= 0.3 is 5.97 Å². The van der Waals surface area contributed by atoms with Crippen molar-refractivity contribution in [2.75, 3.05) is 6.61 Å². The first-order chi connectivity index (χ1) is 10.5. The lowest BCUT2D eigenvalue weighted by Gasteiger charge is -2.28. The molecular weight excluding hydrogens is 280 g/mol. The van der Waals surface area contributed by atoms with Crippen LogP contribution in [0.3, 0.4) is 0 Å². The summed E-state index contributed by atoms with van der Waals surface area (Å²) in [6, 6.07) is 9.33. The lowest BCUT2D eigenvalue weighted by atomic mass is 9.74. The number of benzene rings is 1. The number of hydrogen-bond donors (Lipinski definition) is 0. The molecule has 0 heterocycles. The van der Waals surface area contributed by atoms with Crippen LogP contribution in [0, 0.1) is 5.41 Å². The van der Waals surface area contributed by atoms with Crippen LogP contribution in [0.2, 0.25) is 0 Å². The molecule has 1 aromatic carbocycles. The summed E-state index contributed by atoms with van der Waals surface area (Å²) in [5.74, 6) is -1.05. The predicted molar refractivity (Wildman–Crippen MR) is 82.4 cm³/mol. The monoisotopic (exact) mass is 302 g/mol. The molecule has 0 aromatic heterocycles. The van der Waals surface area contributed by atoms with Gasteiger partial charge in [-0.1, -0.05) is 30.3 Å². The fraction of sp³-hybridized carbons (Fsp3) is 0.500. The van der Waals surface area contributed by atoms with Gasteiger partial charge in [0, 0.05) is 12.3 Å². The summed E-state index contributed by atoms with van der Waals surface area (Å²) in [6.45, 7) is 3.48. The van der Waals surface area contributed by atoms with Crippen molar-refractivity contribution in [2.45, 2.75) is 45.4 Å². The number of carbonyl (C=O) groups excluding carboxylic acids is 3. The number of ketones is 2. The van der Waals surface area contributed by atoms with Crippen molar-refractivity contribution in [3.8, 4) is 0 Å². The van der Waals surface area contributed by atoms with Crippen LogP contribution in [0.1, 0.15) is 51.0 Å². The van der Waals surface area contributed by atoms with E-state index in [1.165, 1.54) is 6.92 Å². The highest BCUT2D eigenvalue weighted by molar-refractivity contribution is 6.06. The Kier molecular flexibility index (Phi) is 5.11. The third kappa shape index (κ3) is 3.11. The minimum atomic E-state index is -1.15. The average molecular weight is 302 g/mol. The molecule has 1 aliphatic carbocycles. The van der Waals surface area contributed by atoms with Crippen molar-refractivity contribution in [2.24, 2.45) is 5.41 Å². The molecule has 0 bridgehead atoms. The highest BCUT2D eigenvalue weighted by Crippen LogP contribution is 2.44. The van der Waals surface area contributed by atoms with E-state index in [-0.39, 0.29) is 24.6 Å². The van der Waals surface area contributed by atoms with Crippen molar-refractivity contribution in [3.05, 3.63) is 35.9 Å².